The molecule has 8 unspecified atom stereocenters. The van der Waals surface area contributed by atoms with Gasteiger partial charge >= 0.3 is 16.4 Å². The van der Waals surface area contributed by atoms with Crippen LogP contribution in [0.2, 0.25) is 0 Å². The van der Waals surface area contributed by atoms with Gasteiger partial charge in [0.25, 0.3) is 0 Å². The minimum absolute atomic E-state index is 0.0433. The maximum atomic E-state index is 13.1. The number of aromatic nitrogens is 8. The summed E-state index contributed by atoms with van der Waals surface area (Å²) in [6, 6.07) is 0. The second-order valence-electron chi connectivity index (χ2n) is 17.3. The monoisotopic (exact) mass is 1060 g/mol. The second kappa shape index (κ2) is 30.2. The molecule has 0 saturated carbocycles. The van der Waals surface area contributed by atoms with E-state index >= 15 is 0 Å². The van der Waals surface area contributed by atoms with Gasteiger partial charge in [0.2, 0.25) is 5.91 Å². The van der Waals surface area contributed by atoms with Crippen LogP contribution in [-0.2, 0) is 41.5 Å². The number of amides is 1. The number of fused-ring (bicyclic) bond motifs is 2. The third kappa shape index (κ3) is 18.1. The van der Waals surface area contributed by atoms with Crippen molar-refractivity contribution in [1.29, 1.82) is 0 Å². The number of methoxy groups -OCH3 is 1. The summed E-state index contributed by atoms with van der Waals surface area (Å²) in [5.41, 5.74) is 13.1. The fraction of sp³-hybridized carbons (Fsp3) is 0.744. The summed E-state index contributed by atoms with van der Waals surface area (Å²) >= 11 is 10.6. The summed E-state index contributed by atoms with van der Waals surface area (Å²) in [5.74, 6) is 0.117. The van der Waals surface area contributed by atoms with E-state index in [-0.39, 0.29) is 57.9 Å². The van der Waals surface area contributed by atoms with Gasteiger partial charge in [-0.1, -0.05) is 121 Å². The summed E-state index contributed by atoms with van der Waals surface area (Å²) in [6.07, 6.45) is 15.7. The molecule has 27 heteroatoms. The zero-order chi connectivity index (χ0) is 50.5. The van der Waals surface area contributed by atoms with Gasteiger partial charge in [-0.2, -0.15) is 0 Å². The lowest BCUT2D eigenvalue weighted by molar-refractivity contribution is -0.121. The van der Waals surface area contributed by atoms with E-state index < -0.39 is 59.9 Å². The predicted molar refractivity (Wildman–Crippen MR) is 269 cm³/mol. The van der Waals surface area contributed by atoms with Gasteiger partial charge in [-0.3, -0.25) is 23.0 Å². The topological polar surface area (TPSA) is 317 Å². The van der Waals surface area contributed by atoms with Crippen molar-refractivity contribution in [3.63, 3.8) is 0 Å². The van der Waals surface area contributed by atoms with Crippen molar-refractivity contribution in [1.82, 2.24) is 44.4 Å². The van der Waals surface area contributed by atoms with E-state index in [0.29, 0.717) is 37.0 Å². The molecule has 5 rings (SSSR count). The van der Waals surface area contributed by atoms with E-state index in [0.717, 1.165) is 25.7 Å². The van der Waals surface area contributed by atoms with Crippen LogP contribution in [-0.4, -0.2) is 125 Å². The highest BCUT2D eigenvalue weighted by Crippen LogP contribution is 2.47. The predicted octanol–water partition coefficient (Wildman–Crippen LogP) is 7.88. The number of H-pyrrole nitrogens is 2. The van der Waals surface area contributed by atoms with Crippen LogP contribution >= 0.6 is 40.9 Å². The first-order valence-electron chi connectivity index (χ1n) is 24.3. The number of nitrogens with zero attached hydrogens (tertiary/aromatic N) is 6. The number of aromatic amines is 2. The van der Waals surface area contributed by atoms with Gasteiger partial charge in [-0.15, -0.1) is 0 Å². The van der Waals surface area contributed by atoms with E-state index in [9.17, 15) is 24.5 Å². The number of phosphoric acid groups is 1. The Morgan fingerprint density at radius 2 is 1.49 bits per heavy atom. The van der Waals surface area contributed by atoms with E-state index in [4.69, 9.17) is 68.0 Å². The molecule has 70 heavy (non-hydrogen) atoms. The minimum atomic E-state index is -4.63. The molecule has 0 bridgehead atoms. The summed E-state index contributed by atoms with van der Waals surface area (Å²) in [4.78, 5) is 45.3. The molecular weight excluding hydrogens is 989 g/mol. The Hall–Kier alpha value is -3.13. The Morgan fingerprint density at radius 3 is 2.13 bits per heavy atom. The average molecular weight is 1060 g/mol. The summed E-state index contributed by atoms with van der Waals surface area (Å²) in [5, 5.41) is 25.9. The first-order chi connectivity index (χ1) is 33.7. The maximum absolute atomic E-state index is 13.1. The van der Waals surface area contributed by atoms with Gasteiger partial charge in [-0.25, -0.2) is 24.5 Å². The van der Waals surface area contributed by atoms with Crippen LogP contribution in [0, 0.1) is 9.28 Å². The highest BCUT2D eigenvalue weighted by atomic mass is 32.1. The van der Waals surface area contributed by atoms with Crippen LogP contribution in [0.3, 0.4) is 0 Å². The normalized spacial score (nSPS) is 18.9. The number of nitrogens with two attached hydrogens (primary N) is 2. The number of carbonyl (C=O) groups excluding carboxylic acids is 1. The molecule has 23 nitrogen and oxygen atoms in total. The Kier molecular flexibility index (Phi) is 24.9. The number of nitrogens with one attached hydrogen (secondary N) is 3. The fourth-order valence-corrected chi connectivity index (χ4v) is 10.3. The van der Waals surface area contributed by atoms with Gasteiger partial charge < -0.3 is 64.9 Å². The molecule has 5 heterocycles. The molecule has 394 valence electrons. The van der Waals surface area contributed by atoms with Crippen molar-refractivity contribution in [2.45, 2.75) is 166 Å². The standard InChI is InChI=1S/C43H73N11O12P2S2/c1-4-5-6-7-8-9-10-11-12-13-14-15-18-21-32(56)46-22-19-16-17-20-23-63-68(58,59)64-26-31(60-2)36(41(57)54-28-48-35-38(54)50-43(45)52-40(35)70)66-67(61-3)62-25-30-29(55)24-33(65-30)53-27-47-34-37(53)49-42(44)51-39(34)69/h27-31,33,36,41,55,57H,4-26H2,1-3H3,(H,46,56)(H,58,59)(H3,44,49,51,69)(H3,45,50,52,70). The van der Waals surface area contributed by atoms with Crippen molar-refractivity contribution < 1.29 is 56.6 Å². The number of nitrogen functional groups attached to an aromatic ring is 2. The van der Waals surface area contributed by atoms with Crippen molar-refractivity contribution >= 4 is 81.0 Å². The molecule has 1 fully saturated rings. The number of aliphatic hydroxyl groups excluding tert-OH is 2. The minimum Gasteiger partial charge on any atom is -0.390 e. The lowest BCUT2D eigenvalue weighted by Crippen LogP contribution is -2.41. The van der Waals surface area contributed by atoms with Crippen LogP contribution in [0.1, 0.15) is 141 Å². The summed E-state index contributed by atoms with van der Waals surface area (Å²) in [6.45, 7) is 1.93. The SMILES string of the molecule is CCCCCCCCCCCCCCCC(=O)NCCCCCCOP(=O)(O)OCC(OC)C(OP(OC)OCC1OC(n2cnc3c(=S)nc(N)[nH]c32)CC1O)C(O)n1cnc2c(=S)nc(N)[nH]c21. The van der Waals surface area contributed by atoms with Crippen molar-refractivity contribution in [3.8, 4) is 0 Å². The van der Waals surface area contributed by atoms with E-state index in [1.54, 1.807) is 4.57 Å². The molecule has 1 aliphatic rings. The Bertz CT molecular complexity index is 2360. The lowest BCUT2D eigenvalue weighted by atomic mass is 10.0. The number of phosphoric ester groups is 1. The molecule has 4 aromatic heterocycles. The van der Waals surface area contributed by atoms with Crippen LogP contribution < -0.4 is 16.8 Å². The van der Waals surface area contributed by atoms with E-state index in [1.807, 2.05) is 0 Å². The van der Waals surface area contributed by atoms with Crippen LogP contribution in [0.4, 0.5) is 11.9 Å². The number of aliphatic hydroxyl groups is 2. The molecule has 0 spiro atoms. The molecule has 4 aromatic rings. The number of hydrogen-bond acceptors (Lipinski definition) is 19. The van der Waals surface area contributed by atoms with Crippen molar-refractivity contribution in [2.24, 2.45) is 0 Å². The molecule has 1 saturated heterocycles. The lowest BCUT2D eigenvalue weighted by Gasteiger charge is -2.32. The number of rotatable bonds is 36. The maximum Gasteiger partial charge on any atom is 0.472 e. The molecule has 1 aliphatic heterocycles. The molecular formula is C43H73N11O12P2S2. The Balaban J connectivity index is 1.05. The van der Waals surface area contributed by atoms with Crippen molar-refractivity contribution in [2.75, 3.05) is 52.1 Å². The first kappa shape index (κ1) is 57.8. The molecule has 1 amide bonds. The number of anilines is 2. The fourth-order valence-electron chi connectivity index (χ4n) is 8.08. The van der Waals surface area contributed by atoms with Crippen LogP contribution in [0.15, 0.2) is 12.7 Å². The van der Waals surface area contributed by atoms with Gasteiger partial charge in [0.1, 0.15) is 46.9 Å². The van der Waals surface area contributed by atoms with Gasteiger partial charge in [0.15, 0.2) is 27.4 Å². The molecule has 0 aromatic carbocycles. The van der Waals surface area contributed by atoms with Gasteiger partial charge in [0, 0.05) is 33.6 Å². The van der Waals surface area contributed by atoms with E-state index in [2.05, 4.69) is 42.1 Å². The third-order valence-corrected chi connectivity index (χ3v) is 14.6. The largest absolute Gasteiger partial charge is 0.472 e. The highest BCUT2D eigenvalue weighted by molar-refractivity contribution is 7.71. The quantitative estimate of drug-likeness (QED) is 0.0122. The van der Waals surface area contributed by atoms with Gasteiger partial charge in [0.05, 0.1) is 38.6 Å². The molecule has 8 atom stereocenters. The molecule has 10 N–H and O–H groups in total. The second-order valence-corrected chi connectivity index (χ2v) is 20.8. The number of unbranched alkanes of at least 4 members (excludes halogenated alkanes) is 15. The zero-order valence-corrected chi connectivity index (χ0v) is 43.9. The number of carbonyl (C=O) groups is 1. The molecule has 0 aliphatic carbocycles. The third-order valence-electron chi connectivity index (χ3n) is 12.0. The summed E-state index contributed by atoms with van der Waals surface area (Å²) < 4.78 is 56.4. The Morgan fingerprint density at radius 1 is 0.900 bits per heavy atom. The first-order valence-corrected chi connectivity index (χ1v) is 27.7. The zero-order valence-electron chi connectivity index (χ0n) is 40.4. The molecule has 0 radical (unpaired) electrons. The van der Waals surface area contributed by atoms with Crippen molar-refractivity contribution in [3.05, 3.63) is 21.9 Å². The summed E-state index contributed by atoms with van der Waals surface area (Å²) in [7, 11) is -4.37. The number of ether oxygens (including phenoxy) is 2. The number of hydrogen-bond donors (Lipinski definition) is 8. The number of imidazole rings is 2. The van der Waals surface area contributed by atoms with Crippen LogP contribution in [0.25, 0.3) is 22.3 Å². The average Bonchev–Trinajstić information content (AvgIpc) is 4.06. The van der Waals surface area contributed by atoms with Gasteiger partial charge in [-0.05, 0) is 19.3 Å². The smallest absolute Gasteiger partial charge is 0.390 e. The Labute approximate surface area is 420 Å². The highest BCUT2D eigenvalue weighted by Gasteiger charge is 2.40. The van der Waals surface area contributed by atoms with Crippen LogP contribution in [0.5, 0.6) is 0 Å². The van der Waals surface area contributed by atoms with E-state index in [1.165, 1.54) is 102 Å².